The van der Waals surface area contributed by atoms with Crippen molar-refractivity contribution in [3.63, 3.8) is 0 Å². The lowest BCUT2D eigenvalue weighted by Crippen LogP contribution is -2.13. The van der Waals surface area contributed by atoms with Crippen molar-refractivity contribution in [2.45, 2.75) is 96.8 Å². The van der Waals surface area contributed by atoms with Gasteiger partial charge < -0.3 is 0 Å². The molecule has 0 N–H and O–H groups in total. The summed E-state index contributed by atoms with van der Waals surface area (Å²) in [5, 5.41) is 1.79. The van der Waals surface area contributed by atoms with E-state index in [2.05, 4.69) is 6.92 Å². The van der Waals surface area contributed by atoms with Gasteiger partial charge in [-0.3, -0.25) is 4.84 Å². The molecular formula is C18H39NO. The standard InChI is InChI=1S/C18H39NO/c1-4-5-6-7-8-9-10-11-12-13-14-15-16-17-18-20-19(2)3/h4-18H2,1-3H3. The summed E-state index contributed by atoms with van der Waals surface area (Å²) in [7, 11) is 3.90. The van der Waals surface area contributed by atoms with E-state index in [4.69, 9.17) is 4.84 Å². The lowest BCUT2D eigenvalue weighted by Gasteiger charge is -2.09. The molecule has 0 atom stereocenters. The van der Waals surface area contributed by atoms with E-state index in [-0.39, 0.29) is 0 Å². The van der Waals surface area contributed by atoms with Crippen LogP contribution >= 0.6 is 0 Å². The quantitative estimate of drug-likeness (QED) is 0.256. The van der Waals surface area contributed by atoms with Gasteiger partial charge in [0.15, 0.2) is 0 Å². The molecule has 0 bridgehead atoms. The molecule has 0 aromatic carbocycles. The summed E-state index contributed by atoms with van der Waals surface area (Å²) >= 11 is 0. The fraction of sp³-hybridized carbons (Fsp3) is 1.00. The molecule has 0 aromatic rings. The van der Waals surface area contributed by atoms with E-state index in [9.17, 15) is 0 Å². The molecule has 0 fully saturated rings. The Morgan fingerprint density at radius 1 is 0.550 bits per heavy atom. The van der Waals surface area contributed by atoms with Crippen LogP contribution in [-0.4, -0.2) is 25.8 Å². The second kappa shape index (κ2) is 17.0. The van der Waals surface area contributed by atoms with Gasteiger partial charge in [0, 0.05) is 14.1 Å². The van der Waals surface area contributed by atoms with Crippen molar-refractivity contribution in [3.05, 3.63) is 0 Å². The van der Waals surface area contributed by atoms with Crippen LogP contribution in [-0.2, 0) is 4.84 Å². The summed E-state index contributed by atoms with van der Waals surface area (Å²) in [6.07, 6.45) is 19.8. The van der Waals surface area contributed by atoms with Gasteiger partial charge in [0.05, 0.1) is 6.61 Å². The SMILES string of the molecule is CCCCCCCCCCCCCCCCON(C)C. The zero-order valence-electron chi connectivity index (χ0n) is 14.5. The van der Waals surface area contributed by atoms with Gasteiger partial charge in [-0.25, -0.2) is 0 Å². The van der Waals surface area contributed by atoms with Crippen LogP contribution in [0.3, 0.4) is 0 Å². The topological polar surface area (TPSA) is 12.5 Å². The first-order chi connectivity index (χ1) is 9.77. The van der Waals surface area contributed by atoms with Crippen molar-refractivity contribution in [3.8, 4) is 0 Å². The van der Waals surface area contributed by atoms with E-state index in [1.165, 1.54) is 89.9 Å². The predicted octanol–water partition coefficient (Wildman–Crippen LogP) is 5.96. The average Bonchev–Trinajstić information content (AvgIpc) is 2.43. The van der Waals surface area contributed by atoms with Gasteiger partial charge in [-0.05, 0) is 6.42 Å². The summed E-state index contributed by atoms with van der Waals surface area (Å²) < 4.78 is 0. The molecule has 0 aliphatic heterocycles. The highest BCUT2D eigenvalue weighted by Gasteiger charge is 1.94. The molecular weight excluding hydrogens is 246 g/mol. The minimum Gasteiger partial charge on any atom is -0.300 e. The fourth-order valence-corrected chi connectivity index (χ4v) is 2.54. The Hall–Kier alpha value is -0.0800. The van der Waals surface area contributed by atoms with E-state index in [0.29, 0.717) is 0 Å². The Balaban J connectivity index is 2.92. The third-order valence-electron chi connectivity index (χ3n) is 3.85. The second-order valence-corrected chi connectivity index (χ2v) is 6.24. The molecule has 122 valence electrons. The molecule has 0 saturated carbocycles. The highest BCUT2D eigenvalue weighted by Crippen LogP contribution is 2.12. The van der Waals surface area contributed by atoms with Crippen molar-refractivity contribution in [2.24, 2.45) is 0 Å². The van der Waals surface area contributed by atoms with Crippen molar-refractivity contribution >= 4 is 0 Å². The molecule has 0 aliphatic carbocycles. The number of hydroxylamine groups is 2. The van der Waals surface area contributed by atoms with E-state index in [1.54, 1.807) is 5.06 Å². The zero-order valence-corrected chi connectivity index (χ0v) is 14.5. The third-order valence-corrected chi connectivity index (χ3v) is 3.85. The van der Waals surface area contributed by atoms with Crippen LogP contribution in [0.15, 0.2) is 0 Å². The molecule has 2 heteroatoms. The smallest absolute Gasteiger partial charge is 0.0684 e. The van der Waals surface area contributed by atoms with E-state index in [1.807, 2.05) is 14.1 Å². The molecule has 0 saturated heterocycles. The maximum absolute atomic E-state index is 5.38. The minimum atomic E-state index is 0.880. The Kier molecular flexibility index (Phi) is 16.9. The first-order valence-electron chi connectivity index (χ1n) is 9.07. The number of hydrogen-bond acceptors (Lipinski definition) is 2. The normalized spacial score (nSPS) is 11.4. The lowest BCUT2D eigenvalue weighted by molar-refractivity contribution is -0.120. The first kappa shape index (κ1) is 19.9. The van der Waals surface area contributed by atoms with E-state index >= 15 is 0 Å². The number of unbranched alkanes of at least 4 members (excludes halogenated alkanes) is 13. The monoisotopic (exact) mass is 285 g/mol. The maximum Gasteiger partial charge on any atom is 0.0684 e. The van der Waals surface area contributed by atoms with Crippen LogP contribution < -0.4 is 0 Å². The molecule has 0 rings (SSSR count). The minimum absolute atomic E-state index is 0.880. The van der Waals surface area contributed by atoms with Gasteiger partial charge in [0.1, 0.15) is 0 Å². The lowest BCUT2D eigenvalue weighted by atomic mass is 10.0. The van der Waals surface area contributed by atoms with Crippen molar-refractivity contribution < 1.29 is 4.84 Å². The van der Waals surface area contributed by atoms with Gasteiger partial charge in [-0.15, -0.1) is 0 Å². The molecule has 2 nitrogen and oxygen atoms in total. The van der Waals surface area contributed by atoms with Crippen LogP contribution in [0.5, 0.6) is 0 Å². The van der Waals surface area contributed by atoms with Crippen LogP contribution in [0.1, 0.15) is 96.8 Å². The van der Waals surface area contributed by atoms with Gasteiger partial charge in [-0.2, -0.15) is 5.06 Å². The van der Waals surface area contributed by atoms with Gasteiger partial charge in [0.2, 0.25) is 0 Å². The summed E-state index contributed by atoms with van der Waals surface area (Å²) in [6, 6.07) is 0. The molecule has 0 spiro atoms. The first-order valence-corrected chi connectivity index (χ1v) is 9.07. The van der Waals surface area contributed by atoms with Crippen LogP contribution in [0, 0.1) is 0 Å². The van der Waals surface area contributed by atoms with Crippen molar-refractivity contribution in [1.82, 2.24) is 5.06 Å². The van der Waals surface area contributed by atoms with Crippen LogP contribution in [0.25, 0.3) is 0 Å². The highest BCUT2D eigenvalue weighted by molar-refractivity contribution is 4.49. The zero-order chi connectivity index (χ0) is 14.9. The summed E-state index contributed by atoms with van der Waals surface area (Å²) in [4.78, 5) is 5.38. The maximum atomic E-state index is 5.38. The Bertz CT molecular complexity index is 171. The molecule has 20 heavy (non-hydrogen) atoms. The molecule has 0 aromatic heterocycles. The van der Waals surface area contributed by atoms with Gasteiger partial charge >= 0.3 is 0 Å². The molecule has 0 heterocycles. The molecule has 0 radical (unpaired) electrons. The summed E-state index contributed by atoms with van der Waals surface area (Å²) in [5.74, 6) is 0. The van der Waals surface area contributed by atoms with Gasteiger partial charge in [-0.1, -0.05) is 90.4 Å². The number of hydrogen-bond donors (Lipinski definition) is 0. The van der Waals surface area contributed by atoms with Crippen molar-refractivity contribution in [1.29, 1.82) is 0 Å². The molecule has 0 unspecified atom stereocenters. The number of nitrogens with zero attached hydrogens (tertiary/aromatic N) is 1. The predicted molar refractivity (Wildman–Crippen MR) is 90.0 cm³/mol. The second-order valence-electron chi connectivity index (χ2n) is 6.24. The largest absolute Gasteiger partial charge is 0.300 e. The Labute approximate surface area is 128 Å². The third kappa shape index (κ3) is 17.9. The summed E-state index contributed by atoms with van der Waals surface area (Å²) in [5.41, 5.74) is 0. The van der Waals surface area contributed by atoms with Crippen molar-refractivity contribution in [2.75, 3.05) is 20.7 Å². The van der Waals surface area contributed by atoms with Crippen LogP contribution in [0.4, 0.5) is 0 Å². The van der Waals surface area contributed by atoms with Gasteiger partial charge in [0.25, 0.3) is 0 Å². The Morgan fingerprint density at radius 3 is 1.25 bits per heavy atom. The van der Waals surface area contributed by atoms with E-state index in [0.717, 1.165) is 6.61 Å². The Morgan fingerprint density at radius 2 is 0.900 bits per heavy atom. The number of rotatable bonds is 16. The molecule has 0 amide bonds. The van der Waals surface area contributed by atoms with Crippen LogP contribution in [0.2, 0.25) is 0 Å². The van der Waals surface area contributed by atoms with E-state index < -0.39 is 0 Å². The highest BCUT2D eigenvalue weighted by atomic mass is 16.7. The summed E-state index contributed by atoms with van der Waals surface area (Å²) in [6.45, 7) is 3.17. The molecule has 0 aliphatic rings. The fourth-order valence-electron chi connectivity index (χ4n) is 2.54. The average molecular weight is 286 g/mol.